The van der Waals surface area contributed by atoms with E-state index in [0.29, 0.717) is 41.6 Å². The van der Waals surface area contributed by atoms with Gasteiger partial charge in [-0.15, -0.1) is 0 Å². The third-order valence-electron chi connectivity index (χ3n) is 7.68. The van der Waals surface area contributed by atoms with Gasteiger partial charge in [-0.2, -0.15) is 5.26 Å². The van der Waals surface area contributed by atoms with E-state index in [1.54, 1.807) is 55.1 Å². The van der Waals surface area contributed by atoms with E-state index in [-0.39, 0.29) is 17.7 Å². The molecule has 3 aromatic rings. The van der Waals surface area contributed by atoms with Gasteiger partial charge in [-0.05, 0) is 71.5 Å². The first kappa shape index (κ1) is 23.1. The van der Waals surface area contributed by atoms with Crippen molar-refractivity contribution in [3.8, 4) is 6.07 Å². The van der Waals surface area contributed by atoms with Crippen LogP contribution >= 0.6 is 0 Å². The number of fused-ring (bicyclic) bond motifs is 1. The molecule has 2 unspecified atom stereocenters. The van der Waals surface area contributed by atoms with Crippen molar-refractivity contribution in [2.24, 2.45) is 11.8 Å². The Kier molecular flexibility index (Phi) is 5.78. The van der Waals surface area contributed by atoms with Crippen molar-refractivity contribution in [1.82, 2.24) is 25.5 Å². The van der Waals surface area contributed by atoms with E-state index in [4.69, 9.17) is 5.26 Å². The van der Waals surface area contributed by atoms with E-state index in [1.165, 1.54) is 0 Å². The molecule has 2 saturated heterocycles. The molecule has 0 radical (unpaired) electrons. The van der Waals surface area contributed by atoms with Gasteiger partial charge in [-0.1, -0.05) is 0 Å². The molecule has 1 amide bonds. The highest BCUT2D eigenvalue weighted by Gasteiger charge is 2.62. The number of carbonyl (C=O) groups excluding carboxylic acids is 2. The lowest BCUT2D eigenvalue weighted by Crippen LogP contribution is -2.51. The second-order valence-corrected chi connectivity index (χ2v) is 10.0. The van der Waals surface area contributed by atoms with Gasteiger partial charge in [0.1, 0.15) is 11.4 Å². The summed E-state index contributed by atoms with van der Waals surface area (Å²) in [4.78, 5) is 37.8. The number of carbonyl (C=O) groups is 2. The number of aromatic nitrogens is 2. The van der Waals surface area contributed by atoms with Crippen molar-refractivity contribution in [1.29, 1.82) is 5.26 Å². The van der Waals surface area contributed by atoms with Crippen LogP contribution < -0.4 is 10.6 Å². The number of nitriles is 1. The largest absolute Gasteiger partial charge is 0.357 e. The summed E-state index contributed by atoms with van der Waals surface area (Å²) >= 11 is 0. The van der Waals surface area contributed by atoms with Gasteiger partial charge in [0, 0.05) is 68.4 Å². The standard InChI is InChI=1S/C29H26N6O2/c30-16-21-1-3-22(4-2-21)25(36)13-26-34-29(14-19-5-9-31-10-6-19,15-20-7-11-32-12-8-20)28(37)35(26)27-23-17-33-18-24(23)27/h1-13,23-24,27,33-34H,14-15,17-18H2/b26-13+. The van der Waals surface area contributed by atoms with E-state index in [0.717, 1.165) is 24.2 Å². The van der Waals surface area contributed by atoms with E-state index < -0.39 is 5.54 Å². The number of hydrogen-bond donors (Lipinski definition) is 2. The summed E-state index contributed by atoms with van der Waals surface area (Å²) in [5, 5.41) is 16.0. The van der Waals surface area contributed by atoms with Crippen LogP contribution in [0.4, 0.5) is 0 Å². The lowest BCUT2D eigenvalue weighted by Gasteiger charge is -2.28. The molecular weight excluding hydrogens is 464 g/mol. The summed E-state index contributed by atoms with van der Waals surface area (Å²) in [7, 11) is 0. The number of nitrogens with one attached hydrogen (secondary N) is 2. The number of benzene rings is 1. The Labute approximate surface area is 215 Å². The summed E-state index contributed by atoms with van der Waals surface area (Å²) in [6, 6.07) is 16.4. The minimum absolute atomic E-state index is 0.0144. The number of amides is 1. The highest BCUT2D eigenvalue weighted by Crippen LogP contribution is 2.49. The predicted octanol–water partition coefficient (Wildman–Crippen LogP) is 2.25. The molecule has 2 N–H and O–H groups in total. The van der Waals surface area contributed by atoms with E-state index in [2.05, 4.69) is 26.7 Å². The van der Waals surface area contributed by atoms with Gasteiger partial charge in [-0.25, -0.2) is 0 Å². The maximum atomic E-state index is 14.4. The van der Waals surface area contributed by atoms with Gasteiger partial charge < -0.3 is 10.6 Å². The van der Waals surface area contributed by atoms with Crippen molar-refractivity contribution in [3.63, 3.8) is 0 Å². The van der Waals surface area contributed by atoms with Crippen molar-refractivity contribution in [3.05, 3.63) is 107 Å². The van der Waals surface area contributed by atoms with E-state index in [9.17, 15) is 9.59 Å². The van der Waals surface area contributed by atoms with Crippen molar-refractivity contribution in [2.45, 2.75) is 24.4 Å². The lowest BCUT2D eigenvalue weighted by atomic mass is 9.85. The molecule has 3 aliphatic rings. The normalized spacial score (nSPS) is 24.4. The molecule has 0 spiro atoms. The van der Waals surface area contributed by atoms with Gasteiger partial charge >= 0.3 is 0 Å². The molecule has 1 aromatic carbocycles. The van der Waals surface area contributed by atoms with Gasteiger partial charge in [0.25, 0.3) is 5.91 Å². The minimum Gasteiger partial charge on any atom is -0.357 e. The summed E-state index contributed by atoms with van der Waals surface area (Å²) < 4.78 is 0. The number of nitrogens with zero attached hydrogens (tertiary/aromatic N) is 4. The Hall–Kier alpha value is -4.35. The second-order valence-electron chi connectivity index (χ2n) is 10.0. The Morgan fingerprint density at radius 2 is 1.54 bits per heavy atom. The number of allylic oxidation sites excluding steroid dienone is 1. The topological polar surface area (TPSA) is 111 Å². The zero-order chi connectivity index (χ0) is 25.4. The number of rotatable bonds is 7. The zero-order valence-electron chi connectivity index (χ0n) is 20.2. The fraction of sp³-hybridized carbons (Fsp3) is 0.276. The van der Waals surface area contributed by atoms with Crippen LogP contribution in [-0.4, -0.2) is 51.2 Å². The average Bonchev–Trinajstić information content (AvgIpc) is 3.25. The van der Waals surface area contributed by atoms with Gasteiger partial charge in [0.15, 0.2) is 5.78 Å². The molecule has 0 bridgehead atoms. The van der Waals surface area contributed by atoms with Crippen molar-refractivity contribution < 1.29 is 9.59 Å². The average molecular weight is 491 g/mol. The highest BCUT2D eigenvalue weighted by atomic mass is 16.2. The number of hydrogen-bond acceptors (Lipinski definition) is 7. The molecule has 8 nitrogen and oxygen atoms in total. The molecule has 2 aromatic heterocycles. The van der Waals surface area contributed by atoms with Crippen LogP contribution in [0.2, 0.25) is 0 Å². The van der Waals surface area contributed by atoms with Gasteiger partial charge in [0.2, 0.25) is 0 Å². The first-order valence-corrected chi connectivity index (χ1v) is 12.4. The predicted molar refractivity (Wildman–Crippen MR) is 136 cm³/mol. The molecule has 2 aliphatic heterocycles. The molecular formula is C29H26N6O2. The number of ketones is 1. The second kappa shape index (κ2) is 9.26. The summed E-state index contributed by atoms with van der Waals surface area (Å²) in [6.07, 6.45) is 9.38. The quantitative estimate of drug-likeness (QED) is 0.386. The maximum Gasteiger partial charge on any atom is 0.254 e. The van der Waals surface area contributed by atoms with Crippen LogP contribution in [0.5, 0.6) is 0 Å². The molecule has 1 saturated carbocycles. The molecule has 2 atom stereocenters. The molecule has 37 heavy (non-hydrogen) atoms. The summed E-state index contributed by atoms with van der Waals surface area (Å²) in [5.74, 6) is 1.09. The molecule has 4 heterocycles. The van der Waals surface area contributed by atoms with Crippen LogP contribution in [0.15, 0.2) is 85.2 Å². The number of pyridine rings is 2. The third-order valence-corrected chi connectivity index (χ3v) is 7.68. The lowest BCUT2D eigenvalue weighted by molar-refractivity contribution is -0.132. The van der Waals surface area contributed by atoms with Crippen LogP contribution in [0, 0.1) is 23.2 Å². The fourth-order valence-corrected chi connectivity index (χ4v) is 5.79. The molecule has 6 rings (SSSR count). The number of piperidine rings is 1. The Bertz CT molecular complexity index is 1350. The first-order chi connectivity index (χ1) is 18.1. The molecule has 1 aliphatic carbocycles. The maximum absolute atomic E-state index is 14.4. The van der Waals surface area contributed by atoms with Crippen LogP contribution in [-0.2, 0) is 17.6 Å². The SMILES string of the molecule is N#Cc1ccc(C(=O)/C=C2\NC(Cc3ccncc3)(Cc3ccncc3)C(=O)N2C2C3CNCC32)cc1. The Morgan fingerprint density at radius 3 is 2.08 bits per heavy atom. The summed E-state index contributed by atoms with van der Waals surface area (Å²) in [5.41, 5.74) is 1.99. The first-order valence-electron chi connectivity index (χ1n) is 12.4. The van der Waals surface area contributed by atoms with Crippen molar-refractivity contribution >= 4 is 11.7 Å². The molecule has 3 fully saturated rings. The third kappa shape index (κ3) is 4.28. The van der Waals surface area contributed by atoms with Crippen LogP contribution in [0.3, 0.4) is 0 Å². The van der Waals surface area contributed by atoms with Gasteiger partial charge in [-0.3, -0.25) is 24.5 Å². The molecule has 184 valence electrons. The Morgan fingerprint density at radius 1 is 0.973 bits per heavy atom. The summed E-state index contributed by atoms with van der Waals surface area (Å²) in [6.45, 7) is 1.75. The van der Waals surface area contributed by atoms with Gasteiger partial charge in [0.05, 0.1) is 11.6 Å². The minimum atomic E-state index is -0.955. The zero-order valence-corrected chi connectivity index (χ0v) is 20.2. The Balaban J connectivity index is 1.40. The smallest absolute Gasteiger partial charge is 0.254 e. The van der Waals surface area contributed by atoms with E-state index >= 15 is 0 Å². The van der Waals surface area contributed by atoms with Crippen molar-refractivity contribution in [2.75, 3.05) is 13.1 Å². The fourth-order valence-electron chi connectivity index (χ4n) is 5.79. The van der Waals surface area contributed by atoms with Crippen LogP contribution in [0.1, 0.15) is 27.0 Å². The molecule has 8 heteroatoms. The monoisotopic (exact) mass is 490 g/mol. The van der Waals surface area contributed by atoms with E-state index in [1.807, 2.05) is 29.2 Å². The van der Waals surface area contributed by atoms with Crippen LogP contribution in [0.25, 0.3) is 0 Å². The highest BCUT2D eigenvalue weighted by molar-refractivity contribution is 6.06.